The number of aliphatic imine (C=N–C) groups is 1. The van der Waals surface area contributed by atoms with Crippen molar-refractivity contribution in [1.29, 1.82) is 0 Å². The number of carbonyl (C=O) groups excluding carboxylic acids is 1. The SMILES string of the molecule is CCc1ccccc1N=C1S/C(=C\c2ccc(N3CCCC3)c(C)c2)C(=O)N1C. The summed E-state index contributed by atoms with van der Waals surface area (Å²) in [5.41, 5.74) is 5.75. The Kier molecular flexibility index (Phi) is 5.76. The molecule has 2 heterocycles. The fourth-order valence-corrected chi connectivity index (χ4v) is 4.89. The monoisotopic (exact) mass is 405 g/mol. The number of carbonyl (C=O) groups is 1. The van der Waals surface area contributed by atoms with E-state index in [0.29, 0.717) is 4.91 Å². The number of amidine groups is 1. The standard InChI is InChI=1S/C24H27N3OS/c1-4-19-9-5-6-10-20(19)25-24-26(3)23(28)22(29-24)16-18-11-12-21(17(2)15-18)27-13-7-8-14-27/h5-6,9-12,15-16H,4,7-8,13-14H2,1-3H3/b22-16-,25-24?. The summed E-state index contributed by atoms with van der Waals surface area (Å²) in [4.78, 5) is 22.4. The maximum atomic E-state index is 12.8. The number of amides is 1. The molecule has 2 aromatic rings. The molecule has 0 bridgehead atoms. The van der Waals surface area contributed by atoms with Gasteiger partial charge in [-0.05, 0) is 78.9 Å². The lowest BCUT2D eigenvalue weighted by Crippen LogP contribution is -2.23. The van der Waals surface area contributed by atoms with Gasteiger partial charge in [-0.2, -0.15) is 0 Å². The van der Waals surface area contributed by atoms with Crippen molar-refractivity contribution in [3.05, 3.63) is 64.1 Å². The van der Waals surface area contributed by atoms with Crippen molar-refractivity contribution < 1.29 is 4.79 Å². The van der Waals surface area contributed by atoms with E-state index in [1.807, 2.05) is 24.3 Å². The van der Waals surface area contributed by atoms with E-state index in [4.69, 9.17) is 4.99 Å². The molecule has 0 saturated carbocycles. The Morgan fingerprint density at radius 2 is 1.90 bits per heavy atom. The third kappa shape index (κ3) is 4.10. The van der Waals surface area contributed by atoms with Gasteiger partial charge in [0.05, 0.1) is 10.6 Å². The topological polar surface area (TPSA) is 35.9 Å². The largest absolute Gasteiger partial charge is 0.371 e. The Morgan fingerprint density at radius 1 is 1.14 bits per heavy atom. The predicted molar refractivity (Wildman–Crippen MR) is 124 cm³/mol. The molecule has 2 aliphatic rings. The molecule has 2 saturated heterocycles. The number of hydrogen-bond acceptors (Lipinski definition) is 4. The van der Waals surface area contributed by atoms with E-state index in [-0.39, 0.29) is 5.91 Å². The van der Waals surface area contributed by atoms with Gasteiger partial charge < -0.3 is 4.90 Å². The molecule has 29 heavy (non-hydrogen) atoms. The van der Waals surface area contributed by atoms with Gasteiger partial charge in [-0.25, -0.2) is 4.99 Å². The van der Waals surface area contributed by atoms with Crippen LogP contribution in [0.3, 0.4) is 0 Å². The summed E-state index contributed by atoms with van der Waals surface area (Å²) in [7, 11) is 1.80. The zero-order valence-electron chi connectivity index (χ0n) is 17.3. The second-order valence-corrected chi connectivity index (χ2v) is 8.60. The molecule has 2 aliphatic heterocycles. The van der Waals surface area contributed by atoms with Crippen molar-refractivity contribution in [2.45, 2.75) is 33.1 Å². The molecule has 150 valence electrons. The van der Waals surface area contributed by atoms with Crippen LogP contribution in [0.2, 0.25) is 0 Å². The minimum absolute atomic E-state index is 0.00371. The van der Waals surface area contributed by atoms with Crippen LogP contribution < -0.4 is 4.90 Å². The van der Waals surface area contributed by atoms with E-state index in [1.54, 1.807) is 11.9 Å². The van der Waals surface area contributed by atoms with Crippen LogP contribution in [0.15, 0.2) is 52.4 Å². The second-order valence-electron chi connectivity index (χ2n) is 7.59. The first-order valence-corrected chi connectivity index (χ1v) is 11.1. The second kappa shape index (κ2) is 8.46. The van der Waals surface area contributed by atoms with Crippen LogP contribution in [0.4, 0.5) is 11.4 Å². The molecule has 0 radical (unpaired) electrons. The van der Waals surface area contributed by atoms with Gasteiger partial charge in [0.15, 0.2) is 5.17 Å². The summed E-state index contributed by atoms with van der Waals surface area (Å²) in [6.45, 7) is 6.55. The highest BCUT2D eigenvalue weighted by Gasteiger charge is 2.30. The number of para-hydroxylation sites is 1. The van der Waals surface area contributed by atoms with Crippen LogP contribution in [0.1, 0.15) is 36.5 Å². The van der Waals surface area contributed by atoms with Crippen molar-refractivity contribution in [1.82, 2.24) is 4.90 Å². The fourth-order valence-electron chi connectivity index (χ4n) is 3.91. The summed E-state index contributed by atoms with van der Waals surface area (Å²) in [5, 5.41) is 0.729. The number of anilines is 1. The van der Waals surface area contributed by atoms with Gasteiger partial charge in [-0.1, -0.05) is 31.2 Å². The van der Waals surface area contributed by atoms with E-state index < -0.39 is 0 Å². The summed E-state index contributed by atoms with van der Waals surface area (Å²) >= 11 is 1.45. The number of nitrogens with zero attached hydrogens (tertiary/aromatic N) is 3. The molecule has 0 aliphatic carbocycles. The normalized spacial score (nSPS) is 19.8. The number of thioether (sulfide) groups is 1. The van der Waals surface area contributed by atoms with Crippen LogP contribution in [0.25, 0.3) is 6.08 Å². The van der Waals surface area contributed by atoms with Crippen LogP contribution >= 0.6 is 11.8 Å². The van der Waals surface area contributed by atoms with E-state index in [2.05, 4.69) is 43.0 Å². The minimum Gasteiger partial charge on any atom is -0.371 e. The third-order valence-corrected chi connectivity index (χ3v) is 6.62. The van der Waals surface area contributed by atoms with Crippen molar-refractivity contribution >= 4 is 40.3 Å². The molecule has 5 heteroatoms. The Labute approximate surface area is 177 Å². The van der Waals surface area contributed by atoms with Crippen molar-refractivity contribution in [2.24, 2.45) is 4.99 Å². The molecule has 0 aromatic heterocycles. The van der Waals surface area contributed by atoms with Gasteiger partial charge in [-0.15, -0.1) is 0 Å². The molecule has 4 nitrogen and oxygen atoms in total. The number of hydrogen-bond donors (Lipinski definition) is 0. The van der Waals surface area contributed by atoms with Gasteiger partial charge in [0.2, 0.25) is 0 Å². The van der Waals surface area contributed by atoms with E-state index >= 15 is 0 Å². The Hall–Kier alpha value is -2.53. The Morgan fingerprint density at radius 3 is 2.62 bits per heavy atom. The van der Waals surface area contributed by atoms with Gasteiger partial charge in [0, 0.05) is 25.8 Å². The molecule has 1 amide bonds. The first-order chi connectivity index (χ1) is 14.1. The lowest BCUT2D eigenvalue weighted by molar-refractivity contribution is -0.121. The Bertz CT molecular complexity index is 989. The maximum Gasteiger partial charge on any atom is 0.266 e. The smallest absolute Gasteiger partial charge is 0.266 e. The number of likely N-dealkylation sites (N-methyl/N-ethyl adjacent to an activating group) is 1. The molecular formula is C24H27N3OS. The third-order valence-electron chi connectivity index (χ3n) is 5.56. The van der Waals surface area contributed by atoms with Crippen LogP contribution in [0.5, 0.6) is 0 Å². The maximum absolute atomic E-state index is 12.8. The first-order valence-electron chi connectivity index (χ1n) is 10.3. The molecular weight excluding hydrogens is 378 g/mol. The number of benzene rings is 2. The quantitative estimate of drug-likeness (QED) is 0.640. The van der Waals surface area contributed by atoms with Crippen molar-refractivity contribution in [3.8, 4) is 0 Å². The van der Waals surface area contributed by atoms with Gasteiger partial charge in [-0.3, -0.25) is 9.69 Å². The molecule has 2 aromatic carbocycles. The van der Waals surface area contributed by atoms with Gasteiger partial charge in [0.1, 0.15) is 0 Å². The molecule has 0 N–H and O–H groups in total. The van der Waals surface area contributed by atoms with Gasteiger partial charge in [0.25, 0.3) is 5.91 Å². The zero-order valence-corrected chi connectivity index (χ0v) is 18.1. The summed E-state index contributed by atoms with van der Waals surface area (Å²) in [6.07, 6.45) is 5.44. The summed E-state index contributed by atoms with van der Waals surface area (Å²) in [6, 6.07) is 14.6. The van der Waals surface area contributed by atoms with E-state index in [0.717, 1.165) is 35.9 Å². The van der Waals surface area contributed by atoms with Crippen molar-refractivity contribution in [3.63, 3.8) is 0 Å². The van der Waals surface area contributed by atoms with E-state index in [9.17, 15) is 4.79 Å². The average Bonchev–Trinajstić information content (AvgIpc) is 3.34. The zero-order chi connectivity index (χ0) is 20.4. The van der Waals surface area contributed by atoms with E-state index in [1.165, 1.54) is 41.4 Å². The van der Waals surface area contributed by atoms with Gasteiger partial charge >= 0.3 is 0 Å². The highest BCUT2D eigenvalue weighted by molar-refractivity contribution is 8.18. The lowest BCUT2D eigenvalue weighted by atomic mass is 10.1. The fraction of sp³-hybridized carbons (Fsp3) is 0.333. The molecule has 2 fully saturated rings. The number of aryl methyl sites for hydroxylation is 2. The Balaban J connectivity index is 1.59. The minimum atomic E-state index is 0.00371. The number of rotatable bonds is 4. The molecule has 4 rings (SSSR count). The van der Waals surface area contributed by atoms with Crippen LogP contribution in [-0.4, -0.2) is 36.1 Å². The highest BCUT2D eigenvalue weighted by atomic mass is 32.2. The van der Waals surface area contributed by atoms with Crippen LogP contribution in [-0.2, 0) is 11.2 Å². The molecule has 0 spiro atoms. The molecule has 0 atom stereocenters. The molecule has 0 unspecified atom stereocenters. The van der Waals surface area contributed by atoms with Crippen molar-refractivity contribution in [2.75, 3.05) is 25.0 Å². The predicted octanol–water partition coefficient (Wildman–Crippen LogP) is 5.39. The summed E-state index contributed by atoms with van der Waals surface area (Å²) < 4.78 is 0. The first kappa shape index (κ1) is 19.8. The van der Waals surface area contributed by atoms with Crippen LogP contribution in [0, 0.1) is 6.92 Å². The summed E-state index contributed by atoms with van der Waals surface area (Å²) in [5.74, 6) is 0.00371. The lowest BCUT2D eigenvalue weighted by Gasteiger charge is -2.20. The highest BCUT2D eigenvalue weighted by Crippen LogP contribution is 2.34. The average molecular weight is 406 g/mol.